The molecule has 0 bridgehead atoms. The van der Waals surface area contributed by atoms with Crippen LogP contribution in [-0.2, 0) is 0 Å². The molecule has 0 amide bonds. The van der Waals surface area contributed by atoms with E-state index in [4.69, 9.17) is 5.73 Å². The van der Waals surface area contributed by atoms with Crippen molar-refractivity contribution in [2.75, 3.05) is 20.1 Å². The second kappa shape index (κ2) is 5.71. The molecule has 2 aliphatic carbocycles. The van der Waals surface area contributed by atoms with Crippen LogP contribution in [0.15, 0.2) is 0 Å². The van der Waals surface area contributed by atoms with Crippen molar-refractivity contribution in [3.63, 3.8) is 0 Å². The molecule has 2 aliphatic rings. The largest absolute Gasteiger partial charge is 0.329 e. The zero-order valence-corrected chi connectivity index (χ0v) is 11.8. The van der Waals surface area contributed by atoms with Gasteiger partial charge >= 0.3 is 0 Å². The minimum Gasteiger partial charge on any atom is -0.329 e. The summed E-state index contributed by atoms with van der Waals surface area (Å²) < 4.78 is 0. The maximum atomic E-state index is 6.13. The second-order valence-electron chi connectivity index (χ2n) is 6.66. The number of nitrogens with two attached hydrogens (primary N) is 1. The van der Waals surface area contributed by atoms with Gasteiger partial charge in [-0.2, -0.15) is 0 Å². The van der Waals surface area contributed by atoms with E-state index < -0.39 is 0 Å². The Hall–Kier alpha value is -0.0800. The number of nitrogens with zero attached hydrogens (tertiary/aromatic N) is 1. The second-order valence-corrected chi connectivity index (χ2v) is 6.66. The first-order valence-electron chi connectivity index (χ1n) is 7.57. The molecule has 2 rings (SSSR count). The topological polar surface area (TPSA) is 29.3 Å². The van der Waals surface area contributed by atoms with E-state index in [0.717, 1.165) is 18.4 Å². The number of hydrogen-bond acceptors (Lipinski definition) is 2. The van der Waals surface area contributed by atoms with E-state index >= 15 is 0 Å². The molecular weight excluding hydrogens is 208 g/mol. The van der Waals surface area contributed by atoms with Gasteiger partial charge in [-0.15, -0.1) is 0 Å². The van der Waals surface area contributed by atoms with Crippen molar-refractivity contribution in [3.05, 3.63) is 0 Å². The summed E-state index contributed by atoms with van der Waals surface area (Å²) in [6.45, 7) is 4.53. The van der Waals surface area contributed by atoms with Gasteiger partial charge in [0, 0.05) is 18.6 Å². The fourth-order valence-corrected chi connectivity index (χ4v) is 4.09. The van der Waals surface area contributed by atoms with Crippen molar-refractivity contribution in [2.45, 2.75) is 63.8 Å². The first-order valence-corrected chi connectivity index (χ1v) is 7.57. The third-order valence-corrected chi connectivity index (χ3v) is 5.26. The van der Waals surface area contributed by atoms with Crippen LogP contribution in [0.25, 0.3) is 0 Å². The number of likely N-dealkylation sites (N-methyl/N-ethyl adjacent to an activating group) is 1. The minimum atomic E-state index is 0.320. The fraction of sp³-hybridized carbons (Fsp3) is 1.00. The van der Waals surface area contributed by atoms with Gasteiger partial charge in [-0.1, -0.05) is 32.6 Å². The predicted octanol–water partition coefficient (Wildman–Crippen LogP) is 3.02. The van der Waals surface area contributed by atoms with Crippen molar-refractivity contribution < 1.29 is 0 Å². The molecule has 0 aromatic heterocycles. The van der Waals surface area contributed by atoms with E-state index in [2.05, 4.69) is 18.9 Å². The zero-order chi connectivity index (χ0) is 12.3. The average molecular weight is 238 g/mol. The Labute approximate surface area is 107 Å². The van der Waals surface area contributed by atoms with Gasteiger partial charge < -0.3 is 5.73 Å². The van der Waals surface area contributed by atoms with Crippen molar-refractivity contribution in [3.8, 4) is 0 Å². The molecule has 0 aromatic rings. The van der Waals surface area contributed by atoms with Crippen molar-refractivity contribution in [1.82, 2.24) is 4.90 Å². The van der Waals surface area contributed by atoms with Gasteiger partial charge in [-0.3, -0.25) is 4.90 Å². The highest BCUT2D eigenvalue weighted by atomic mass is 15.2. The molecule has 17 heavy (non-hydrogen) atoms. The molecule has 0 heterocycles. The SMILES string of the molecule is CC1CCCC(CN)(N(C)CC2CCCC2)C1. The third kappa shape index (κ3) is 3.03. The summed E-state index contributed by atoms with van der Waals surface area (Å²) in [6, 6.07) is 0. The highest BCUT2D eigenvalue weighted by molar-refractivity contribution is 4.95. The van der Waals surface area contributed by atoms with Crippen molar-refractivity contribution >= 4 is 0 Å². The lowest BCUT2D eigenvalue weighted by atomic mass is 9.75. The van der Waals surface area contributed by atoms with Crippen LogP contribution in [0.1, 0.15) is 58.3 Å². The molecule has 2 unspecified atom stereocenters. The van der Waals surface area contributed by atoms with Crippen molar-refractivity contribution in [2.24, 2.45) is 17.6 Å². The first-order chi connectivity index (χ1) is 8.16. The van der Waals surface area contributed by atoms with E-state index in [1.165, 1.54) is 57.9 Å². The average Bonchev–Trinajstić information content (AvgIpc) is 2.81. The van der Waals surface area contributed by atoms with E-state index in [9.17, 15) is 0 Å². The van der Waals surface area contributed by atoms with Crippen molar-refractivity contribution in [1.29, 1.82) is 0 Å². The quantitative estimate of drug-likeness (QED) is 0.816. The summed E-state index contributed by atoms with van der Waals surface area (Å²) in [5, 5.41) is 0. The van der Waals surface area contributed by atoms with E-state index in [1.807, 2.05) is 0 Å². The van der Waals surface area contributed by atoms with E-state index in [1.54, 1.807) is 0 Å². The van der Waals surface area contributed by atoms with Crippen LogP contribution in [0.2, 0.25) is 0 Å². The lowest BCUT2D eigenvalue weighted by Crippen LogP contribution is -2.55. The fourth-order valence-electron chi connectivity index (χ4n) is 4.09. The van der Waals surface area contributed by atoms with Crippen LogP contribution in [0.5, 0.6) is 0 Å². The first kappa shape index (κ1) is 13.4. The maximum Gasteiger partial charge on any atom is 0.0331 e. The monoisotopic (exact) mass is 238 g/mol. The Morgan fingerprint density at radius 3 is 2.47 bits per heavy atom. The van der Waals surface area contributed by atoms with E-state index in [-0.39, 0.29) is 0 Å². The zero-order valence-electron chi connectivity index (χ0n) is 11.8. The van der Waals surface area contributed by atoms with Crippen LogP contribution >= 0.6 is 0 Å². The maximum absolute atomic E-state index is 6.13. The molecule has 0 spiro atoms. The summed E-state index contributed by atoms with van der Waals surface area (Å²) in [7, 11) is 2.32. The van der Waals surface area contributed by atoms with Gasteiger partial charge in [0.25, 0.3) is 0 Å². The Morgan fingerprint density at radius 2 is 1.88 bits per heavy atom. The predicted molar refractivity (Wildman–Crippen MR) is 74.0 cm³/mol. The molecule has 0 radical (unpaired) electrons. The van der Waals surface area contributed by atoms with Gasteiger partial charge in [0.15, 0.2) is 0 Å². The number of hydrogen-bond donors (Lipinski definition) is 1. The van der Waals surface area contributed by atoms with Gasteiger partial charge in [-0.05, 0) is 44.6 Å². The molecule has 2 atom stereocenters. The van der Waals surface area contributed by atoms with Gasteiger partial charge in [-0.25, -0.2) is 0 Å². The van der Waals surface area contributed by atoms with Crippen LogP contribution in [0, 0.1) is 11.8 Å². The Kier molecular flexibility index (Phi) is 4.48. The standard InChI is InChI=1S/C15H30N2/c1-13-6-5-9-15(10-13,12-16)17(2)11-14-7-3-4-8-14/h13-14H,3-12,16H2,1-2H3. The van der Waals surface area contributed by atoms with Crippen LogP contribution < -0.4 is 5.73 Å². The summed E-state index contributed by atoms with van der Waals surface area (Å²) >= 11 is 0. The summed E-state index contributed by atoms with van der Waals surface area (Å²) in [5.74, 6) is 1.80. The molecule has 0 aromatic carbocycles. The molecule has 2 saturated carbocycles. The molecule has 0 aliphatic heterocycles. The lowest BCUT2D eigenvalue weighted by Gasteiger charge is -2.47. The summed E-state index contributed by atoms with van der Waals surface area (Å²) in [4.78, 5) is 2.62. The highest BCUT2D eigenvalue weighted by Crippen LogP contribution is 2.37. The normalized spacial score (nSPS) is 35.6. The van der Waals surface area contributed by atoms with Gasteiger partial charge in [0.2, 0.25) is 0 Å². The number of rotatable bonds is 4. The van der Waals surface area contributed by atoms with Crippen LogP contribution in [0.3, 0.4) is 0 Å². The molecule has 2 heteroatoms. The molecule has 2 N–H and O–H groups in total. The molecule has 100 valence electrons. The van der Waals surface area contributed by atoms with Crippen LogP contribution in [0.4, 0.5) is 0 Å². The Bertz CT molecular complexity index is 235. The van der Waals surface area contributed by atoms with Crippen LogP contribution in [-0.4, -0.2) is 30.6 Å². The molecule has 0 saturated heterocycles. The van der Waals surface area contributed by atoms with E-state index in [0.29, 0.717) is 5.54 Å². The van der Waals surface area contributed by atoms with Gasteiger partial charge in [0.1, 0.15) is 0 Å². The smallest absolute Gasteiger partial charge is 0.0331 e. The summed E-state index contributed by atoms with van der Waals surface area (Å²) in [6.07, 6.45) is 11.2. The molecule has 2 fully saturated rings. The lowest BCUT2D eigenvalue weighted by molar-refractivity contribution is 0.0495. The Balaban J connectivity index is 1.95. The van der Waals surface area contributed by atoms with Gasteiger partial charge in [0.05, 0.1) is 0 Å². The summed E-state index contributed by atoms with van der Waals surface area (Å²) in [5.41, 5.74) is 6.45. The highest BCUT2D eigenvalue weighted by Gasteiger charge is 2.38. The molecular formula is C15H30N2. The minimum absolute atomic E-state index is 0.320. The molecule has 2 nitrogen and oxygen atoms in total. The third-order valence-electron chi connectivity index (χ3n) is 5.26. The Morgan fingerprint density at radius 1 is 1.18 bits per heavy atom.